The standard InChI is InChI=1S/C22H18N6O/c23-11-14-4-5-18-16(10-14)19(21(29)26-18)20-15-2-1-3-17(15)27-22(28-20)25-12-13-6-8-24-9-7-13/h4-10,19H,1-3,12H2,(H,26,29)(H,25,27,28). The van der Waals surface area contributed by atoms with Gasteiger partial charge in [0.15, 0.2) is 0 Å². The number of anilines is 2. The first-order valence-corrected chi connectivity index (χ1v) is 9.60. The summed E-state index contributed by atoms with van der Waals surface area (Å²) >= 11 is 0. The molecule has 1 aromatic carbocycles. The van der Waals surface area contributed by atoms with Gasteiger partial charge in [-0.3, -0.25) is 9.78 Å². The molecule has 1 aliphatic carbocycles. The smallest absolute Gasteiger partial charge is 0.238 e. The number of fused-ring (bicyclic) bond motifs is 2. The number of hydrogen-bond acceptors (Lipinski definition) is 6. The lowest BCUT2D eigenvalue weighted by Gasteiger charge is -2.15. The van der Waals surface area contributed by atoms with Gasteiger partial charge in [-0.05, 0) is 66.3 Å². The van der Waals surface area contributed by atoms with E-state index in [1.807, 2.05) is 12.1 Å². The zero-order valence-corrected chi connectivity index (χ0v) is 15.6. The van der Waals surface area contributed by atoms with Crippen molar-refractivity contribution in [2.75, 3.05) is 10.6 Å². The first-order valence-electron chi connectivity index (χ1n) is 9.60. The third-order valence-corrected chi connectivity index (χ3v) is 5.45. The second-order valence-electron chi connectivity index (χ2n) is 7.26. The molecule has 0 saturated carbocycles. The summed E-state index contributed by atoms with van der Waals surface area (Å²) in [7, 11) is 0. The molecule has 0 fully saturated rings. The van der Waals surface area contributed by atoms with Crippen LogP contribution in [0.15, 0.2) is 42.7 Å². The summed E-state index contributed by atoms with van der Waals surface area (Å²) in [5.41, 5.74) is 5.98. The van der Waals surface area contributed by atoms with E-state index in [-0.39, 0.29) is 5.91 Å². The van der Waals surface area contributed by atoms with Crippen LogP contribution in [0.25, 0.3) is 0 Å². The predicted molar refractivity (Wildman–Crippen MR) is 107 cm³/mol. The van der Waals surface area contributed by atoms with Crippen molar-refractivity contribution < 1.29 is 4.79 Å². The first kappa shape index (κ1) is 17.3. The van der Waals surface area contributed by atoms with E-state index in [9.17, 15) is 10.1 Å². The fourth-order valence-electron chi connectivity index (χ4n) is 4.06. The van der Waals surface area contributed by atoms with Crippen molar-refractivity contribution in [3.8, 4) is 6.07 Å². The van der Waals surface area contributed by atoms with Gasteiger partial charge in [-0.15, -0.1) is 0 Å². The van der Waals surface area contributed by atoms with Gasteiger partial charge in [0.05, 0.1) is 17.3 Å². The Morgan fingerprint density at radius 3 is 2.86 bits per heavy atom. The van der Waals surface area contributed by atoms with Gasteiger partial charge < -0.3 is 10.6 Å². The summed E-state index contributed by atoms with van der Waals surface area (Å²) < 4.78 is 0. The van der Waals surface area contributed by atoms with Crippen LogP contribution in [-0.4, -0.2) is 20.9 Å². The maximum atomic E-state index is 12.8. The number of pyridine rings is 1. The Bertz CT molecular complexity index is 1150. The number of amides is 1. The fourth-order valence-corrected chi connectivity index (χ4v) is 4.06. The lowest BCUT2D eigenvalue weighted by molar-refractivity contribution is -0.116. The van der Waals surface area contributed by atoms with E-state index in [0.717, 1.165) is 53.0 Å². The van der Waals surface area contributed by atoms with E-state index in [2.05, 4.69) is 21.7 Å². The number of aromatic nitrogens is 3. The van der Waals surface area contributed by atoms with Gasteiger partial charge in [-0.1, -0.05) is 0 Å². The highest BCUT2D eigenvalue weighted by Crippen LogP contribution is 2.40. The van der Waals surface area contributed by atoms with Crippen LogP contribution in [0.2, 0.25) is 0 Å². The minimum atomic E-state index is -0.519. The molecule has 3 aromatic rings. The number of benzene rings is 1. The largest absolute Gasteiger partial charge is 0.350 e. The van der Waals surface area contributed by atoms with Crippen LogP contribution in [0.5, 0.6) is 0 Å². The molecule has 1 atom stereocenters. The number of carbonyl (C=O) groups is 1. The summed E-state index contributed by atoms with van der Waals surface area (Å²) in [6, 6.07) is 11.3. The molecule has 0 radical (unpaired) electrons. The van der Waals surface area contributed by atoms with Gasteiger partial charge in [0.1, 0.15) is 5.92 Å². The predicted octanol–water partition coefficient (Wildman–Crippen LogP) is 2.93. The van der Waals surface area contributed by atoms with E-state index in [0.29, 0.717) is 18.1 Å². The van der Waals surface area contributed by atoms with Crippen molar-refractivity contribution in [1.82, 2.24) is 15.0 Å². The van der Waals surface area contributed by atoms with E-state index in [1.54, 1.807) is 30.6 Å². The van der Waals surface area contributed by atoms with E-state index >= 15 is 0 Å². The fraction of sp³-hybridized carbons (Fsp3) is 0.227. The van der Waals surface area contributed by atoms with E-state index in [4.69, 9.17) is 9.97 Å². The molecule has 7 nitrogen and oxygen atoms in total. The Hall–Kier alpha value is -3.79. The van der Waals surface area contributed by atoms with Crippen molar-refractivity contribution in [2.45, 2.75) is 31.7 Å². The maximum Gasteiger partial charge on any atom is 0.238 e. The molecule has 0 spiro atoms. The summed E-state index contributed by atoms with van der Waals surface area (Å²) in [5, 5.41) is 15.5. The Kier molecular flexibility index (Phi) is 4.17. The van der Waals surface area contributed by atoms with E-state index < -0.39 is 5.92 Å². The topological polar surface area (TPSA) is 104 Å². The second-order valence-corrected chi connectivity index (χ2v) is 7.26. The summed E-state index contributed by atoms with van der Waals surface area (Å²) in [4.78, 5) is 26.3. The van der Waals surface area contributed by atoms with Crippen LogP contribution in [0.3, 0.4) is 0 Å². The molecule has 2 aromatic heterocycles. The van der Waals surface area contributed by atoms with Crippen molar-refractivity contribution in [3.05, 3.63) is 76.4 Å². The van der Waals surface area contributed by atoms with Crippen molar-refractivity contribution >= 4 is 17.5 Å². The molecular weight excluding hydrogens is 364 g/mol. The summed E-state index contributed by atoms with van der Waals surface area (Å²) in [5.74, 6) is -0.104. The van der Waals surface area contributed by atoms with Crippen LogP contribution < -0.4 is 10.6 Å². The number of carbonyl (C=O) groups excluding carboxylic acids is 1. The monoisotopic (exact) mass is 382 g/mol. The number of nitrogens with one attached hydrogen (secondary N) is 2. The van der Waals surface area contributed by atoms with Gasteiger partial charge in [0, 0.05) is 30.3 Å². The van der Waals surface area contributed by atoms with Gasteiger partial charge in [-0.2, -0.15) is 5.26 Å². The van der Waals surface area contributed by atoms with Crippen LogP contribution in [0, 0.1) is 11.3 Å². The number of aryl methyl sites for hydroxylation is 1. The number of nitrogens with zero attached hydrogens (tertiary/aromatic N) is 4. The molecule has 142 valence electrons. The van der Waals surface area contributed by atoms with Crippen molar-refractivity contribution in [3.63, 3.8) is 0 Å². The highest BCUT2D eigenvalue weighted by atomic mass is 16.2. The first-order chi connectivity index (χ1) is 14.2. The third-order valence-electron chi connectivity index (χ3n) is 5.45. The van der Waals surface area contributed by atoms with Crippen LogP contribution in [0.1, 0.15) is 46.0 Å². The zero-order valence-electron chi connectivity index (χ0n) is 15.6. The molecular formula is C22H18N6O. The van der Waals surface area contributed by atoms with Crippen LogP contribution in [0.4, 0.5) is 11.6 Å². The highest BCUT2D eigenvalue weighted by molar-refractivity contribution is 6.05. The Labute approximate surface area is 167 Å². The second kappa shape index (κ2) is 6.99. The van der Waals surface area contributed by atoms with Crippen LogP contribution in [-0.2, 0) is 24.2 Å². The number of rotatable bonds is 4. The van der Waals surface area contributed by atoms with Gasteiger partial charge in [0.2, 0.25) is 11.9 Å². The van der Waals surface area contributed by atoms with Crippen LogP contribution >= 0.6 is 0 Å². The zero-order chi connectivity index (χ0) is 19.8. The normalized spacial score (nSPS) is 16.7. The molecule has 7 heteroatoms. The Balaban J connectivity index is 1.55. The number of nitriles is 1. The molecule has 2 aliphatic rings. The molecule has 0 bridgehead atoms. The van der Waals surface area contributed by atoms with Crippen molar-refractivity contribution in [2.24, 2.45) is 0 Å². The number of hydrogen-bond donors (Lipinski definition) is 2. The average molecular weight is 382 g/mol. The quantitative estimate of drug-likeness (QED) is 0.719. The SMILES string of the molecule is N#Cc1ccc2c(c1)C(c1nc(NCc3ccncc3)nc3c1CCC3)C(=O)N2. The van der Waals surface area contributed by atoms with Gasteiger partial charge in [0.25, 0.3) is 0 Å². The maximum absolute atomic E-state index is 12.8. The highest BCUT2D eigenvalue weighted by Gasteiger charge is 2.36. The molecule has 1 aliphatic heterocycles. The third kappa shape index (κ3) is 3.09. The molecule has 3 heterocycles. The van der Waals surface area contributed by atoms with Crippen molar-refractivity contribution in [1.29, 1.82) is 5.26 Å². The molecule has 29 heavy (non-hydrogen) atoms. The molecule has 1 unspecified atom stereocenters. The van der Waals surface area contributed by atoms with Gasteiger partial charge >= 0.3 is 0 Å². The summed E-state index contributed by atoms with van der Waals surface area (Å²) in [6.45, 7) is 0.576. The Morgan fingerprint density at radius 2 is 2.03 bits per heavy atom. The molecule has 0 saturated heterocycles. The summed E-state index contributed by atoms with van der Waals surface area (Å²) in [6.07, 6.45) is 6.25. The average Bonchev–Trinajstić information content (AvgIpc) is 3.35. The molecule has 5 rings (SSSR count). The Morgan fingerprint density at radius 1 is 1.17 bits per heavy atom. The minimum Gasteiger partial charge on any atom is -0.350 e. The lowest BCUT2D eigenvalue weighted by Crippen LogP contribution is -2.18. The lowest BCUT2D eigenvalue weighted by atomic mass is 9.92. The minimum absolute atomic E-state index is 0.108. The molecule has 1 amide bonds. The van der Waals surface area contributed by atoms with E-state index in [1.165, 1.54) is 0 Å². The molecule has 2 N–H and O–H groups in total. The van der Waals surface area contributed by atoms with Gasteiger partial charge in [-0.25, -0.2) is 9.97 Å².